The number of fused-ring (bicyclic) bond motifs is 1. The summed E-state index contributed by atoms with van der Waals surface area (Å²) in [5, 5.41) is 12.9. The Morgan fingerprint density at radius 1 is 1.14 bits per heavy atom. The molecule has 21 heavy (non-hydrogen) atoms. The fourth-order valence-electron chi connectivity index (χ4n) is 2.57. The first kappa shape index (κ1) is 13.8. The van der Waals surface area contributed by atoms with E-state index >= 15 is 0 Å². The Hall–Kier alpha value is -2.20. The van der Waals surface area contributed by atoms with Crippen molar-refractivity contribution in [1.29, 1.82) is 0 Å². The van der Waals surface area contributed by atoms with Crippen LogP contribution in [0.5, 0.6) is 17.2 Å². The average molecular weight is 285 g/mol. The third-order valence-electron chi connectivity index (χ3n) is 3.72. The highest BCUT2D eigenvalue weighted by atomic mass is 16.7. The number of hydrogen-bond donors (Lipinski definition) is 2. The lowest BCUT2D eigenvalue weighted by Crippen LogP contribution is -2.20. The normalized spacial score (nSPS) is 14.1. The van der Waals surface area contributed by atoms with Crippen LogP contribution in [0.25, 0.3) is 0 Å². The molecular formula is C17H19NO3. The highest BCUT2D eigenvalue weighted by Gasteiger charge is 2.18. The zero-order chi connectivity index (χ0) is 14.7. The molecule has 0 radical (unpaired) electrons. The minimum absolute atomic E-state index is 0.240. The van der Waals surface area contributed by atoms with Crippen molar-refractivity contribution in [3.05, 3.63) is 53.6 Å². The fraction of sp³-hybridized carbons (Fsp3) is 0.294. The summed E-state index contributed by atoms with van der Waals surface area (Å²) in [6, 6.07) is 13.5. The number of benzene rings is 2. The Labute approximate surface area is 124 Å². The largest absolute Gasteiger partial charge is 0.508 e. The summed E-state index contributed by atoms with van der Waals surface area (Å²) in [4.78, 5) is 0. The number of para-hydroxylation sites is 1. The number of phenols is 1. The molecule has 1 aliphatic rings. The average Bonchev–Trinajstić information content (AvgIpc) is 2.99. The standard InChI is InChI=1S/C17H19NO3/c1-2-15(12-6-8-14(19)9-7-12)18-10-13-4-3-5-16-17(13)21-11-20-16/h3-9,15,18-19H,2,10-11H2,1H3. The fourth-order valence-corrected chi connectivity index (χ4v) is 2.57. The van der Waals surface area contributed by atoms with Crippen molar-refractivity contribution in [3.63, 3.8) is 0 Å². The molecule has 0 fully saturated rings. The first-order valence-corrected chi connectivity index (χ1v) is 7.17. The van der Waals surface area contributed by atoms with Crippen molar-refractivity contribution in [1.82, 2.24) is 5.32 Å². The Balaban J connectivity index is 1.71. The molecule has 2 aromatic rings. The van der Waals surface area contributed by atoms with E-state index in [0.717, 1.165) is 23.5 Å². The molecule has 0 spiro atoms. The topological polar surface area (TPSA) is 50.7 Å². The summed E-state index contributed by atoms with van der Waals surface area (Å²) in [7, 11) is 0. The van der Waals surface area contributed by atoms with Crippen LogP contribution in [0, 0.1) is 0 Å². The van der Waals surface area contributed by atoms with E-state index in [2.05, 4.69) is 12.2 Å². The van der Waals surface area contributed by atoms with Crippen LogP contribution in [0.2, 0.25) is 0 Å². The molecule has 0 aromatic heterocycles. The first-order valence-electron chi connectivity index (χ1n) is 7.17. The van der Waals surface area contributed by atoms with E-state index in [1.807, 2.05) is 30.3 Å². The molecule has 1 heterocycles. The van der Waals surface area contributed by atoms with Crippen LogP contribution in [0.3, 0.4) is 0 Å². The summed E-state index contributed by atoms with van der Waals surface area (Å²) >= 11 is 0. The SMILES string of the molecule is CCC(NCc1cccc2c1OCO2)c1ccc(O)cc1. The summed E-state index contributed by atoms with van der Waals surface area (Å²) in [6.07, 6.45) is 0.969. The quantitative estimate of drug-likeness (QED) is 0.884. The molecule has 1 atom stereocenters. The van der Waals surface area contributed by atoms with E-state index < -0.39 is 0 Å². The number of ether oxygens (including phenoxy) is 2. The van der Waals surface area contributed by atoms with E-state index in [4.69, 9.17) is 9.47 Å². The Morgan fingerprint density at radius 3 is 2.71 bits per heavy atom. The van der Waals surface area contributed by atoms with Crippen LogP contribution >= 0.6 is 0 Å². The van der Waals surface area contributed by atoms with E-state index in [-0.39, 0.29) is 6.04 Å². The molecule has 0 bridgehead atoms. The zero-order valence-electron chi connectivity index (χ0n) is 12.0. The van der Waals surface area contributed by atoms with Gasteiger partial charge < -0.3 is 19.9 Å². The van der Waals surface area contributed by atoms with Gasteiger partial charge in [-0.3, -0.25) is 0 Å². The Kier molecular flexibility index (Phi) is 3.97. The van der Waals surface area contributed by atoms with Crippen LogP contribution in [-0.4, -0.2) is 11.9 Å². The predicted molar refractivity (Wildman–Crippen MR) is 80.5 cm³/mol. The van der Waals surface area contributed by atoms with Crippen LogP contribution in [0.1, 0.15) is 30.5 Å². The number of phenolic OH excluding ortho intramolecular Hbond substituents is 1. The van der Waals surface area contributed by atoms with Gasteiger partial charge in [0.1, 0.15) is 5.75 Å². The van der Waals surface area contributed by atoms with Crippen LogP contribution < -0.4 is 14.8 Å². The third-order valence-corrected chi connectivity index (χ3v) is 3.72. The third kappa shape index (κ3) is 2.95. The molecule has 4 nitrogen and oxygen atoms in total. The second kappa shape index (κ2) is 6.06. The van der Waals surface area contributed by atoms with Gasteiger partial charge in [-0.15, -0.1) is 0 Å². The van der Waals surface area contributed by atoms with Gasteiger partial charge in [0, 0.05) is 18.2 Å². The highest BCUT2D eigenvalue weighted by molar-refractivity contribution is 5.48. The van der Waals surface area contributed by atoms with Gasteiger partial charge in [0.25, 0.3) is 0 Å². The minimum Gasteiger partial charge on any atom is -0.508 e. The van der Waals surface area contributed by atoms with E-state index in [1.165, 1.54) is 5.56 Å². The number of rotatable bonds is 5. The van der Waals surface area contributed by atoms with Crippen molar-refractivity contribution in [2.75, 3.05) is 6.79 Å². The van der Waals surface area contributed by atoms with Crippen LogP contribution in [0.4, 0.5) is 0 Å². The number of aromatic hydroxyl groups is 1. The number of hydrogen-bond acceptors (Lipinski definition) is 4. The van der Waals surface area contributed by atoms with Crippen LogP contribution in [-0.2, 0) is 6.54 Å². The maximum atomic E-state index is 9.37. The van der Waals surface area contributed by atoms with Crippen molar-refractivity contribution in [2.45, 2.75) is 25.9 Å². The first-order chi connectivity index (χ1) is 10.3. The molecule has 0 saturated carbocycles. The maximum Gasteiger partial charge on any atom is 0.231 e. The number of nitrogens with one attached hydrogen (secondary N) is 1. The molecule has 2 N–H and O–H groups in total. The Morgan fingerprint density at radius 2 is 1.95 bits per heavy atom. The lowest BCUT2D eigenvalue weighted by molar-refractivity contribution is 0.173. The maximum absolute atomic E-state index is 9.37. The van der Waals surface area contributed by atoms with Crippen molar-refractivity contribution >= 4 is 0 Å². The summed E-state index contributed by atoms with van der Waals surface area (Å²) in [5.74, 6) is 1.94. The van der Waals surface area contributed by atoms with E-state index in [1.54, 1.807) is 12.1 Å². The van der Waals surface area contributed by atoms with Gasteiger partial charge in [0.05, 0.1) is 0 Å². The van der Waals surface area contributed by atoms with Crippen molar-refractivity contribution in [2.24, 2.45) is 0 Å². The molecule has 2 aromatic carbocycles. The second-order valence-electron chi connectivity index (χ2n) is 5.08. The van der Waals surface area contributed by atoms with E-state index in [0.29, 0.717) is 19.1 Å². The van der Waals surface area contributed by atoms with Gasteiger partial charge >= 0.3 is 0 Å². The smallest absolute Gasteiger partial charge is 0.231 e. The summed E-state index contributed by atoms with van der Waals surface area (Å²) < 4.78 is 10.9. The molecule has 3 rings (SSSR count). The monoisotopic (exact) mass is 285 g/mol. The molecule has 1 unspecified atom stereocenters. The molecule has 0 amide bonds. The molecule has 4 heteroatoms. The molecule has 110 valence electrons. The van der Waals surface area contributed by atoms with Crippen molar-refractivity contribution in [3.8, 4) is 17.2 Å². The van der Waals surface area contributed by atoms with Gasteiger partial charge in [-0.2, -0.15) is 0 Å². The van der Waals surface area contributed by atoms with E-state index in [9.17, 15) is 5.11 Å². The van der Waals surface area contributed by atoms with Crippen molar-refractivity contribution < 1.29 is 14.6 Å². The highest BCUT2D eigenvalue weighted by Crippen LogP contribution is 2.35. The van der Waals surface area contributed by atoms with Gasteiger partial charge in [-0.05, 0) is 30.2 Å². The van der Waals surface area contributed by atoms with Crippen LogP contribution in [0.15, 0.2) is 42.5 Å². The summed E-state index contributed by atoms with van der Waals surface area (Å²) in [6.45, 7) is 3.15. The molecule has 0 saturated heterocycles. The molecular weight excluding hydrogens is 266 g/mol. The summed E-state index contributed by atoms with van der Waals surface area (Å²) in [5.41, 5.74) is 2.27. The zero-order valence-corrected chi connectivity index (χ0v) is 12.0. The lowest BCUT2D eigenvalue weighted by atomic mass is 10.0. The van der Waals surface area contributed by atoms with Gasteiger partial charge in [0.2, 0.25) is 6.79 Å². The second-order valence-corrected chi connectivity index (χ2v) is 5.08. The Bertz CT molecular complexity index is 610. The van der Waals surface area contributed by atoms with Gasteiger partial charge in [-0.1, -0.05) is 31.2 Å². The molecule has 0 aliphatic carbocycles. The minimum atomic E-state index is 0.240. The molecule has 1 aliphatic heterocycles. The predicted octanol–water partition coefficient (Wildman–Crippen LogP) is 3.36. The van der Waals surface area contributed by atoms with Gasteiger partial charge in [0.15, 0.2) is 11.5 Å². The lowest BCUT2D eigenvalue weighted by Gasteiger charge is -2.18. The van der Waals surface area contributed by atoms with Gasteiger partial charge in [-0.25, -0.2) is 0 Å².